The Labute approximate surface area is 128 Å². The number of aliphatic carboxylic acids is 1. The number of hydrogen-bond donors (Lipinski definition) is 1. The number of benzene rings is 2. The van der Waals surface area contributed by atoms with Crippen LogP contribution in [-0.4, -0.2) is 34.5 Å². The molecule has 22 heavy (non-hydrogen) atoms. The minimum absolute atomic E-state index is 0.212. The number of carbonyl (C=O) groups is 2. The smallest absolute Gasteiger partial charge is 0.331 e. The first-order valence-electron chi connectivity index (χ1n) is 6.97. The molecule has 1 amide bonds. The van der Waals surface area contributed by atoms with Crippen LogP contribution in [0.4, 0.5) is 0 Å². The summed E-state index contributed by atoms with van der Waals surface area (Å²) in [5.41, 5.74) is 1.27. The Morgan fingerprint density at radius 3 is 2.64 bits per heavy atom. The van der Waals surface area contributed by atoms with E-state index in [0.717, 1.165) is 16.3 Å². The normalized spacial score (nSPS) is 17.6. The maximum absolute atomic E-state index is 12.1. The lowest BCUT2D eigenvalue weighted by Crippen LogP contribution is -2.40. The summed E-state index contributed by atoms with van der Waals surface area (Å²) in [5, 5.41) is 11.6. The average molecular weight is 293 g/mol. The molecular formula is C18H15NO3. The van der Waals surface area contributed by atoms with Gasteiger partial charge >= 0.3 is 5.97 Å². The van der Waals surface area contributed by atoms with E-state index < -0.39 is 12.0 Å². The summed E-state index contributed by atoms with van der Waals surface area (Å²) in [6.07, 6.45) is 2.94. The third-order valence-electron chi connectivity index (χ3n) is 3.81. The van der Waals surface area contributed by atoms with Crippen LogP contribution in [0, 0.1) is 0 Å². The van der Waals surface area contributed by atoms with E-state index >= 15 is 0 Å². The number of fused-ring (bicyclic) bond motifs is 1. The van der Waals surface area contributed by atoms with Crippen molar-refractivity contribution in [2.75, 3.05) is 6.54 Å². The van der Waals surface area contributed by atoms with Crippen molar-refractivity contribution >= 4 is 28.2 Å². The van der Waals surface area contributed by atoms with Gasteiger partial charge < -0.3 is 10.0 Å². The first kappa shape index (κ1) is 14.1. The molecule has 1 aliphatic heterocycles. The van der Waals surface area contributed by atoms with Crippen LogP contribution in [0.25, 0.3) is 16.3 Å². The van der Waals surface area contributed by atoms with E-state index in [0.29, 0.717) is 5.57 Å². The second kappa shape index (κ2) is 5.48. The van der Waals surface area contributed by atoms with Gasteiger partial charge in [0, 0.05) is 12.6 Å². The van der Waals surface area contributed by atoms with Gasteiger partial charge in [0.25, 0.3) is 0 Å². The van der Waals surface area contributed by atoms with Gasteiger partial charge in [0.15, 0.2) is 6.04 Å². The summed E-state index contributed by atoms with van der Waals surface area (Å²) < 4.78 is 0. The molecule has 0 saturated carbocycles. The third-order valence-corrected chi connectivity index (χ3v) is 3.81. The van der Waals surface area contributed by atoms with Crippen molar-refractivity contribution in [1.29, 1.82) is 0 Å². The van der Waals surface area contributed by atoms with Crippen molar-refractivity contribution in [3.8, 4) is 0 Å². The maximum atomic E-state index is 12.1. The molecule has 0 saturated heterocycles. The van der Waals surface area contributed by atoms with E-state index in [2.05, 4.69) is 6.58 Å². The Morgan fingerprint density at radius 1 is 1.23 bits per heavy atom. The van der Waals surface area contributed by atoms with E-state index in [-0.39, 0.29) is 12.5 Å². The van der Waals surface area contributed by atoms with Crippen molar-refractivity contribution in [3.63, 3.8) is 0 Å². The van der Waals surface area contributed by atoms with Crippen LogP contribution >= 0.6 is 0 Å². The lowest BCUT2D eigenvalue weighted by Gasteiger charge is -2.22. The SMILES string of the molecule is C=CCN1C(=O)C=C(c2ccc3ccccc3c2)C1C(=O)O. The number of carboxylic acids is 1. The van der Waals surface area contributed by atoms with Crippen LogP contribution in [0.2, 0.25) is 0 Å². The molecule has 1 heterocycles. The Hall–Kier alpha value is -2.88. The van der Waals surface area contributed by atoms with Crippen LogP contribution in [0.5, 0.6) is 0 Å². The van der Waals surface area contributed by atoms with Crippen LogP contribution in [0.1, 0.15) is 5.56 Å². The van der Waals surface area contributed by atoms with E-state index in [1.165, 1.54) is 17.1 Å². The molecule has 0 fully saturated rings. The number of rotatable bonds is 4. The highest BCUT2D eigenvalue weighted by Gasteiger charge is 2.37. The molecule has 0 bridgehead atoms. The molecule has 4 heteroatoms. The Bertz CT molecular complexity index is 807. The average Bonchev–Trinajstić information content (AvgIpc) is 2.84. The molecule has 1 atom stereocenters. The maximum Gasteiger partial charge on any atom is 0.331 e. The van der Waals surface area contributed by atoms with Gasteiger partial charge in [-0.2, -0.15) is 0 Å². The number of hydrogen-bond acceptors (Lipinski definition) is 2. The highest BCUT2D eigenvalue weighted by Crippen LogP contribution is 2.30. The molecule has 2 aromatic rings. The van der Waals surface area contributed by atoms with Crippen molar-refractivity contribution < 1.29 is 14.7 Å². The Kier molecular flexibility index (Phi) is 3.51. The number of carboxylic acid groups (broad SMARTS) is 1. The number of amides is 1. The van der Waals surface area contributed by atoms with Gasteiger partial charge in [-0.3, -0.25) is 4.79 Å². The first-order valence-corrected chi connectivity index (χ1v) is 6.97. The fraction of sp³-hybridized carbons (Fsp3) is 0.111. The highest BCUT2D eigenvalue weighted by atomic mass is 16.4. The van der Waals surface area contributed by atoms with Gasteiger partial charge in [-0.25, -0.2) is 4.79 Å². The quantitative estimate of drug-likeness (QED) is 0.882. The topological polar surface area (TPSA) is 57.6 Å². The molecule has 2 aromatic carbocycles. The molecule has 4 nitrogen and oxygen atoms in total. The van der Waals surface area contributed by atoms with Crippen molar-refractivity contribution in [3.05, 3.63) is 66.8 Å². The number of nitrogens with zero attached hydrogens (tertiary/aromatic N) is 1. The van der Waals surface area contributed by atoms with E-state index in [9.17, 15) is 14.7 Å². The second-order valence-corrected chi connectivity index (χ2v) is 5.18. The molecule has 1 aliphatic rings. The van der Waals surface area contributed by atoms with Crippen molar-refractivity contribution in [1.82, 2.24) is 4.90 Å². The number of carbonyl (C=O) groups excluding carboxylic acids is 1. The summed E-state index contributed by atoms with van der Waals surface area (Å²) in [7, 11) is 0. The molecular weight excluding hydrogens is 278 g/mol. The van der Waals surface area contributed by atoms with Crippen LogP contribution in [0.15, 0.2) is 61.2 Å². The lowest BCUT2D eigenvalue weighted by molar-refractivity contribution is -0.144. The summed E-state index contributed by atoms with van der Waals surface area (Å²) in [6, 6.07) is 12.6. The van der Waals surface area contributed by atoms with Crippen molar-refractivity contribution in [2.24, 2.45) is 0 Å². The Morgan fingerprint density at radius 2 is 1.95 bits per heavy atom. The monoisotopic (exact) mass is 293 g/mol. The highest BCUT2D eigenvalue weighted by molar-refractivity contribution is 6.10. The fourth-order valence-electron chi connectivity index (χ4n) is 2.80. The van der Waals surface area contributed by atoms with Gasteiger partial charge in [-0.1, -0.05) is 42.5 Å². The first-order chi connectivity index (χ1) is 10.6. The third kappa shape index (κ3) is 2.29. The van der Waals surface area contributed by atoms with E-state index in [1.54, 1.807) is 0 Å². The van der Waals surface area contributed by atoms with Gasteiger partial charge in [-0.15, -0.1) is 6.58 Å². The van der Waals surface area contributed by atoms with Crippen LogP contribution in [0.3, 0.4) is 0 Å². The minimum Gasteiger partial charge on any atom is -0.479 e. The second-order valence-electron chi connectivity index (χ2n) is 5.18. The lowest BCUT2D eigenvalue weighted by atomic mass is 9.97. The van der Waals surface area contributed by atoms with Gasteiger partial charge in [-0.05, 0) is 28.0 Å². The largest absolute Gasteiger partial charge is 0.479 e. The van der Waals surface area contributed by atoms with Gasteiger partial charge in [0.2, 0.25) is 5.91 Å². The van der Waals surface area contributed by atoms with E-state index in [1.807, 2.05) is 42.5 Å². The predicted octanol–water partition coefficient (Wildman–Crippen LogP) is 2.70. The molecule has 0 aromatic heterocycles. The van der Waals surface area contributed by atoms with Crippen LogP contribution < -0.4 is 0 Å². The molecule has 0 radical (unpaired) electrons. The zero-order chi connectivity index (χ0) is 15.7. The summed E-state index contributed by atoms with van der Waals surface area (Å²) in [6.45, 7) is 3.79. The fourth-order valence-corrected chi connectivity index (χ4v) is 2.80. The predicted molar refractivity (Wildman–Crippen MR) is 85.3 cm³/mol. The van der Waals surface area contributed by atoms with Gasteiger partial charge in [0.05, 0.1) is 0 Å². The van der Waals surface area contributed by atoms with Crippen LogP contribution in [-0.2, 0) is 9.59 Å². The Balaban J connectivity index is 2.07. The summed E-state index contributed by atoms with van der Waals surface area (Å²) in [4.78, 5) is 25.0. The molecule has 1 unspecified atom stereocenters. The molecule has 110 valence electrons. The molecule has 1 N–H and O–H groups in total. The molecule has 0 spiro atoms. The standard InChI is InChI=1S/C18H15NO3/c1-2-9-19-16(20)11-15(17(19)18(21)22)14-8-7-12-5-3-4-6-13(12)10-14/h2-8,10-11,17H,1,9H2,(H,21,22). The minimum atomic E-state index is -1.04. The molecule has 3 rings (SSSR count). The van der Waals surface area contributed by atoms with Gasteiger partial charge in [0.1, 0.15) is 0 Å². The van der Waals surface area contributed by atoms with Crippen molar-refractivity contribution in [2.45, 2.75) is 6.04 Å². The summed E-state index contributed by atoms with van der Waals surface area (Å²) in [5.74, 6) is -1.33. The molecule has 0 aliphatic carbocycles. The zero-order valence-electron chi connectivity index (χ0n) is 11.9. The summed E-state index contributed by atoms with van der Waals surface area (Å²) >= 11 is 0. The van der Waals surface area contributed by atoms with E-state index in [4.69, 9.17) is 0 Å². The zero-order valence-corrected chi connectivity index (χ0v) is 11.9.